The molecule has 0 fully saturated rings. The van der Waals surface area contributed by atoms with Gasteiger partial charge in [0, 0.05) is 0 Å². The molecule has 1 heterocycles. The number of benzene rings is 1. The quantitative estimate of drug-likeness (QED) is 0.650. The Morgan fingerprint density at radius 1 is 0.933 bits per heavy atom. The van der Waals surface area contributed by atoms with Crippen LogP contribution in [0.5, 0.6) is 5.75 Å². The number of anilines is 1. The van der Waals surface area contributed by atoms with E-state index < -0.39 is 17.8 Å². The first kappa shape index (κ1) is 23.0. The highest BCUT2D eigenvalue weighted by Crippen LogP contribution is 2.29. The van der Waals surface area contributed by atoms with Crippen LogP contribution in [-0.4, -0.2) is 37.7 Å². The van der Waals surface area contributed by atoms with E-state index in [2.05, 4.69) is 5.32 Å². The van der Waals surface area contributed by atoms with Gasteiger partial charge in [-0.2, -0.15) is 0 Å². The van der Waals surface area contributed by atoms with E-state index in [4.69, 9.17) is 18.6 Å². The van der Waals surface area contributed by atoms with Crippen LogP contribution in [0.25, 0.3) is 0 Å². The van der Waals surface area contributed by atoms with E-state index in [1.54, 1.807) is 13.8 Å². The Kier molecular flexibility index (Phi) is 7.63. The zero-order chi connectivity index (χ0) is 22.4. The molecule has 162 valence electrons. The fraction of sp³-hybridized carbons (Fsp3) is 0.409. The van der Waals surface area contributed by atoms with Gasteiger partial charge in [0.05, 0.1) is 13.2 Å². The predicted molar refractivity (Wildman–Crippen MR) is 110 cm³/mol. The van der Waals surface area contributed by atoms with Crippen LogP contribution in [0.2, 0.25) is 0 Å². The van der Waals surface area contributed by atoms with E-state index in [9.17, 15) is 14.4 Å². The molecule has 0 aliphatic heterocycles. The van der Waals surface area contributed by atoms with Crippen LogP contribution in [0.4, 0.5) is 5.88 Å². The predicted octanol–water partition coefficient (Wildman–Crippen LogP) is 3.88. The van der Waals surface area contributed by atoms with E-state index in [-0.39, 0.29) is 42.6 Å². The van der Waals surface area contributed by atoms with Crippen molar-refractivity contribution in [2.24, 2.45) is 0 Å². The van der Waals surface area contributed by atoms with Crippen molar-refractivity contribution in [3.8, 4) is 5.75 Å². The summed E-state index contributed by atoms with van der Waals surface area (Å²) in [6.45, 7) is 10.5. The molecule has 1 aromatic heterocycles. The molecule has 0 aliphatic carbocycles. The maximum absolute atomic E-state index is 12.5. The van der Waals surface area contributed by atoms with Crippen molar-refractivity contribution in [3.63, 3.8) is 0 Å². The lowest BCUT2D eigenvalue weighted by Crippen LogP contribution is -2.22. The number of rotatable bonds is 8. The van der Waals surface area contributed by atoms with Crippen LogP contribution in [-0.2, 0) is 14.3 Å². The fourth-order valence-corrected chi connectivity index (χ4v) is 2.94. The molecule has 0 saturated carbocycles. The SMILES string of the molecule is CCOC(=O)c1c(C)oc(NC(=O)COc2cc(C)cc(C)c2C)c1C(=O)OCC. The molecule has 0 aliphatic rings. The molecular formula is C22H27NO7. The van der Waals surface area contributed by atoms with Gasteiger partial charge in [0.25, 0.3) is 5.91 Å². The number of ether oxygens (including phenoxy) is 3. The summed E-state index contributed by atoms with van der Waals surface area (Å²) >= 11 is 0. The molecule has 0 radical (unpaired) electrons. The number of carbonyl (C=O) groups is 3. The zero-order valence-corrected chi connectivity index (χ0v) is 18.1. The van der Waals surface area contributed by atoms with Gasteiger partial charge in [0.15, 0.2) is 6.61 Å². The lowest BCUT2D eigenvalue weighted by molar-refractivity contribution is -0.118. The Morgan fingerprint density at radius 2 is 1.53 bits per heavy atom. The third kappa shape index (κ3) is 5.20. The molecule has 2 aromatic rings. The van der Waals surface area contributed by atoms with Crippen LogP contribution in [0.1, 0.15) is 57.0 Å². The molecule has 1 amide bonds. The summed E-state index contributed by atoms with van der Waals surface area (Å²) < 4.78 is 21.1. The summed E-state index contributed by atoms with van der Waals surface area (Å²) in [6, 6.07) is 3.87. The summed E-state index contributed by atoms with van der Waals surface area (Å²) in [5.41, 5.74) is 2.74. The van der Waals surface area contributed by atoms with E-state index >= 15 is 0 Å². The zero-order valence-electron chi connectivity index (χ0n) is 18.1. The van der Waals surface area contributed by atoms with Crippen LogP contribution < -0.4 is 10.1 Å². The number of esters is 2. The lowest BCUT2D eigenvalue weighted by atomic mass is 10.1. The molecule has 2 rings (SSSR count). The summed E-state index contributed by atoms with van der Waals surface area (Å²) in [5.74, 6) is -1.53. The smallest absolute Gasteiger partial charge is 0.344 e. The van der Waals surface area contributed by atoms with Gasteiger partial charge in [0.2, 0.25) is 5.88 Å². The summed E-state index contributed by atoms with van der Waals surface area (Å²) in [5, 5.41) is 2.49. The van der Waals surface area contributed by atoms with Gasteiger partial charge in [-0.25, -0.2) is 9.59 Å². The van der Waals surface area contributed by atoms with Crippen LogP contribution in [0, 0.1) is 27.7 Å². The molecule has 30 heavy (non-hydrogen) atoms. The number of hydrogen-bond donors (Lipinski definition) is 1. The van der Waals surface area contributed by atoms with Gasteiger partial charge in [-0.15, -0.1) is 0 Å². The van der Waals surface area contributed by atoms with E-state index in [0.717, 1.165) is 16.7 Å². The van der Waals surface area contributed by atoms with Crippen molar-refractivity contribution < 1.29 is 33.0 Å². The van der Waals surface area contributed by atoms with Crippen molar-refractivity contribution in [1.29, 1.82) is 0 Å². The monoisotopic (exact) mass is 417 g/mol. The number of hydrogen-bond acceptors (Lipinski definition) is 7. The minimum atomic E-state index is -0.793. The lowest BCUT2D eigenvalue weighted by Gasteiger charge is -2.12. The van der Waals surface area contributed by atoms with Crippen molar-refractivity contribution in [3.05, 3.63) is 45.7 Å². The molecule has 0 atom stereocenters. The van der Waals surface area contributed by atoms with Crippen molar-refractivity contribution in [2.75, 3.05) is 25.1 Å². The fourth-order valence-electron chi connectivity index (χ4n) is 2.94. The standard InChI is InChI=1S/C22H27NO7/c1-7-27-21(25)18-15(6)30-20(19(18)22(26)28-8-2)23-17(24)11-29-16-10-12(3)9-13(4)14(16)5/h9-10H,7-8,11H2,1-6H3,(H,23,24). The van der Waals surface area contributed by atoms with Crippen molar-refractivity contribution in [1.82, 2.24) is 0 Å². The number of amides is 1. The van der Waals surface area contributed by atoms with Gasteiger partial charge < -0.3 is 18.6 Å². The third-order valence-electron chi connectivity index (χ3n) is 4.42. The third-order valence-corrected chi connectivity index (χ3v) is 4.42. The molecule has 1 aromatic carbocycles. The Hall–Kier alpha value is -3.29. The Bertz CT molecular complexity index is 959. The Morgan fingerprint density at radius 3 is 2.13 bits per heavy atom. The second-order valence-electron chi connectivity index (χ2n) is 6.72. The van der Waals surface area contributed by atoms with Gasteiger partial charge in [-0.3, -0.25) is 10.1 Å². The Balaban J connectivity index is 2.24. The van der Waals surface area contributed by atoms with Gasteiger partial charge in [-0.05, 0) is 64.3 Å². The molecule has 0 saturated heterocycles. The van der Waals surface area contributed by atoms with Crippen LogP contribution >= 0.6 is 0 Å². The van der Waals surface area contributed by atoms with Gasteiger partial charge in [-0.1, -0.05) is 6.07 Å². The average Bonchev–Trinajstić information content (AvgIpc) is 2.99. The van der Waals surface area contributed by atoms with Crippen LogP contribution in [0.15, 0.2) is 16.5 Å². The topological polar surface area (TPSA) is 104 Å². The first-order chi connectivity index (χ1) is 14.2. The summed E-state index contributed by atoms with van der Waals surface area (Å²) in [4.78, 5) is 37.1. The first-order valence-electron chi connectivity index (χ1n) is 9.67. The Labute approximate surface area is 175 Å². The van der Waals surface area contributed by atoms with Crippen LogP contribution in [0.3, 0.4) is 0 Å². The number of aryl methyl sites for hydroxylation is 3. The average molecular weight is 417 g/mol. The highest BCUT2D eigenvalue weighted by atomic mass is 16.5. The molecular weight excluding hydrogens is 390 g/mol. The second kappa shape index (κ2) is 9.96. The molecule has 0 spiro atoms. The first-order valence-corrected chi connectivity index (χ1v) is 9.67. The van der Waals surface area contributed by atoms with E-state index in [1.165, 1.54) is 6.92 Å². The molecule has 8 nitrogen and oxygen atoms in total. The van der Waals surface area contributed by atoms with Crippen molar-refractivity contribution >= 4 is 23.7 Å². The largest absolute Gasteiger partial charge is 0.483 e. The van der Waals surface area contributed by atoms with Gasteiger partial charge in [0.1, 0.15) is 22.6 Å². The highest BCUT2D eigenvalue weighted by molar-refractivity contribution is 6.09. The van der Waals surface area contributed by atoms with E-state index in [0.29, 0.717) is 5.75 Å². The van der Waals surface area contributed by atoms with E-state index in [1.807, 2.05) is 32.9 Å². The summed E-state index contributed by atoms with van der Waals surface area (Å²) in [6.07, 6.45) is 0. The maximum atomic E-state index is 12.5. The normalized spacial score (nSPS) is 10.5. The molecule has 0 bridgehead atoms. The minimum Gasteiger partial charge on any atom is -0.483 e. The molecule has 0 unspecified atom stereocenters. The minimum absolute atomic E-state index is 0.0725. The second-order valence-corrected chi connectivity index (χ2v) is 6.72. The molecule has 1 N–H and O–H groups in total. The number of nitrogens with one attached hydrogen (secondary N) is 1. The number of carbonyl (C=O) groups excluding carboxylic acids is 3. The summed E-state index contributed by atoms with van der Waals surface area (Å²) in [7, 11) is 0. The van der Waals surface area contributed by atoms with Gasteiger partial charge >= 0.3 is 11.9 Å². The maximum Gasteiger partial charge on any atom is 0.344 e. The van der Waals surface area contributed by atoms with Crippen molar-refractivity contribution in [2.45, 2.75) is 41.5 Å². The number of furan rings is 1. The molecule has 8 heteroatoms. The highest BCUT2D eigenvalue weighted by Gasteiger charge is 2.31.